The van der Waals surface area contributed by atoms with Crippen molar-refractivity contribution in [2.24, 2.45) is 0 Å². The van der Waals surface area contributed by atoms with E-state index in [1.165, 1.54) is 49.2 Å². The van der Waals surface area contributed by atoms with E-state index in [0.29, 0.717) is 0 Å². The molecular weight excluding hydrogens is 296 g/mol. The van der Waals surface area contributed by atoms with E-state index in [1.54, 1.807) is 7.11 Å². The third-order valence-corrected chi connectivity index (χ3v) is 4.77. The van der Waals surface area contributed by atoms with Gasteiger partial charge in [0.2, 0.25) is 0 Å². The Bertz CT molecular complexity index is 607. The lowest BCUT2D eigenvalue weighted by Crippen LogP contribution is -2.31. The summed E-state index contributed by atoms with van der Waals surface area (Å²) < 4.78 is 5.21. The average Bonchev–Trinajstić information content (AvgIpc) is 2.89. The normalized spacial score (nSPS) is 18.0. The van der Waals surface area contributed by atoms with E-state index in [0.717, 1.165) is 25.3 Å². The molecule has 0 saturated carbocycles. The molecule has 1 aromatic carbocycles. The van der Waals surface area contributed by atoms with Crippen molar-refractivity contribution in [3.63, 3.8) is 0 Å². The van der Waals surface area contributed by atoms with Crippen molar-refractivity contribution in [1.29, 1.82) is 0 Å². The molecule has 128 valence electrons. The lowest BCUT2D eigenvalue weighted by Gasteiger charge is -2.32. The van der Waals surface area contributed by atoms with Crippen molar-refractivity contribution in [1.82, 2.24) is 10.2 Å². The van der Waals surface area contributed by atoms with Gasteiger partial charge in [-0.25, -0.2) is 0 Å². The van der Waals surface area contributed by atoms with Gasteiger partial charge in [-0.05, 0) is 42.5 Å². The number of allylic oxidation sites excluding steroid dienone is 3. The monoisotopic (exact) mass is 324 g/mol. The van der Waals surface area contributed by atoms with Crippen LogP contribution < -0.4 is 10.1 Å². The summed E-state index contributed by atoms with van der Waals surface area (Å²) in [5.41, 5.74) is 4.21. The Balaban J connectivity index is 1.62. The van der Waals surface area contributed by atoms with Crippen LogP contribution in [0.15, 0.2) is 59.8 Å². The number of hydrogen-bond acceptors (Lipinski definition) is 3. The zero-order valence-corrected chi connectivity index (χ0v) is 14.6. The van der Waals surface area contributed by atoms with Gasteiger partial charge in [0.1, 0.15) is 5.75 Å². The fourth-order valence-corrected chi connectivity index (χ4v) is 3.40. The molecule has 1 fully saturated rings. The summed E-state index contributed by atoms with van der Waals surface area (Å²) in [5, 5.41) is 3.60. The van der Waals surface area contributed by atoms with Gasteiger partial charge in [0.25, 0.3) is 0 Å². The van der Waals surface area contributed by atoms with Gasteiger partial charge < -0.3 is 15.0 Å². The summed E-state index contributed by atoms with van der Waals surface area (Å²) in [6.45, 7) is 4.20. The van der Waals surface area contributed by atoms with Crippen LogP contribution in [0, 0.1) is 0 Å². The van der Waals surface area contributed by atoms with Gasteiger partial charge in [-0.2, -0.15) is 0 Å². The van der Waals surface area contributed by atoms with Gasteiger partial charge >= 0.3 is 0 Å². The Morgan fingerprint density at radius 2 is 1.79 bits per heavy atom. The highest BCUT2D eigenvalue weighted by molar-refractivity contribution is 5.33. The molecule has 0 aromatic heterocycles. The zero-order valence-electron chi connectivity index (χ0n) is 14.6. The van der Waals surface area contributed by atoms with Crippen LogP contribution in [0.4, 0.5) is 0 Å². The minimum Gasteiger partial charge on any atom is -0.497 e. The van der Waals surface area contributed by atoms with E-state index in [4.69, 9.17) is 4.74 Å². The van der Waals surface area contributed by atoms with Crippen molar-refractivity contribution in [3.05, 3.63) is 65.4 Å². The largest absolute Gasteiger partial charge is 0.497 e. The first kappa shape index (κ1) is 16.8. The molecule has 1 aromatic rings. The predicted octanol–water partition coefficient (Wildman–Crippen LogP) is 4.04. The minimum atomic E-state index is 0.877. The van der Waals surface area contributed by atoms with Gasteiger partial charge in [0, 0.05) is 38.3 Å². The number of likely N-dealkylation sites (tertiary alicyclic amines) is 1. The topological polar surface area (TPSA) is 24.5 Å². The Labute approximate surface area is 145 Å². The van der Waals surface area contributed by atoms with Gasteiger partial charge in [0.15, 0.2) is 0 Å². The van der Waals surface area contributed by atoms with E-state index in [-0.39, 0.29) is 0 Å². The van der Waals surface area contributed by atoms with Gasteiger partial charge in [-0.3, -0.25) is 0 Å². The van der Waals surface area contributed by atoms with Crippen LogP contribution in [-0.4, -0.2) is 31.6 Å². The van der Waals surface area contributed by atoms with E-state index >= 15 is 0 Å². The highest BCUT2D eigenvalue weighted by Crippen LogP contribution is 2.23. The van der Waals surface area contributed by atoms with Crippen molar-refractivity contribution in [2.45, 2.75) is 32.2 Å². The zero-order chi connectivity index (χ0) is 16.6. The fraction of sp³-hybridized carbons (Fsp3) is 0.429. The van der Waals surface area contributed by atoms with Gasteiger partial charge in [-0.15, -0.1) is 0 Å². The SMILES string of the molecule is COc1ccc(CNCC2=C(N3CCCCC3)CC=CC=C2)cc1. The summed E-state index contributed by atoms with van der Waals surface area (Å²) in [6, 6.07) is 8.28. The second kappa shape index (κ2) is 8.74. The summed E-state index contributed by atoms with van der Waals surface area (Å²) in [4.78, 5) is 2.59. The molecule has 3 rings (SSSR count). The summed E-state index contributed by atoms with van der Waals surface area (Å²) in [5.74, 6) is 0.909. The number of nitrogens with zero attached hydrogens (tertiary/aromatic N) is 1. The Kier molecular flexibility index (Phi) is 6.13. The lowest BCUT2D eigenvalue weighted by molar-refractivity contribution is 0.278. The first-order valence-electron chi connectivity index (χ1n) is 9.00. The van der Waals surface area contributed by atoms with Crippen LogP contribution >= 0.6 is 0 Å². The summed E-state index contributed by atoms with van der Waals surface area (Å²) >= 11 is 0. The maximum Gasteiger partial charge on any atom is 0.118 e. The van der Waals surface area contributed by atoms with Gasteiger partial charge in [0.05, 0.1) is 7.11 Å². The molecule has 0 amide bonds. The molecule has 2 aliphatic rings. The second-order valence-corrected chi connectivity index (χ2v) is 6.46. The van der Waals surface area contributed by atoms with E-state index in [9.17, 15) is 0 Å². The molecule has 0 bridgehead atoms. The number of nitrogens with one attached hydrogen (secondary N) is 1. The maximum absolute atomic E-state index is 5.21. The molecule has 1 saturated heterocycles. The molecule has 3 heteroatoms. The quantitative estimate of drug-likeness (QED) is 0.854. The van der Waals surface area contributed by atoms with Crippen LogP contribution in [0.2, 0.25) is 0 Å². The van der Waals surface area contributed by atoms with Crippen LogP contribution in [0.25, 0.3) is 0 Å². The molecule has 1 N–H and O–H groups in total. The van der Waals surface area contributed by atoms with E-state index in [1.807, 2.05) is 12.1 Å². The molecule has 1 aliphatic carbocycles. The van der Waals surface area contributed by atoms with E-state index in [2.05, 4.69) is 46.7 Å². The second-order valence-electron chi connectivity index (χ2n) is 6.46. The van der Waals surface area contributed by atoms with Crippen LogP contribution in [0.1, 0.15) is 31.2 Å². The Hall–Kier alpha value is -2.00. The number of methoxy groups -OCH3 is 1. The maximum atomic E-state index is 5.21. The van der Waals surface area contributed by atoms with Crippen molar-refractivity contribution in [3.8, 4) is 5.75 Å². The molecule has 3 nitrogen and oxygen atoms in total. The standard InChI is InChI=1S/C21H28N2O/c1-24-20-12-10-18(11-13-20)16-22-17-19-8-4-2-5-9-21(19)23-14-6-3-7-15-23/h2,4-5,8,10-13,22H,3,6-7,9,14-17H2,1H3. The molecule has 0 spiro atoms. The number of ether oxygens (including phenoxy) is 1. The molecular formula is C21H28N2O. The minimum absolute atomic E-state index is 0.877. The molecule has 0 unspecified atom stereocenters. The van der Waals surface area contributed by atoms with Gasteiger partial charge in [-0.1, -0.05) is 36.4 Å². The lowest BCUT2D eigenvalue weighted by atomic mass is 10.1. The summed E-state index contributed by atoms with van der Waals surface area (Å²) in [6.07, 6.45) is 14.0. The van der Waals surface area contributed by atoms with E-state index < -0.39 is 0 Å². The smallest absolute Gasteiger partial charge is 0.118 e. The number of rotatable bonds is 6. The first-order valence-corrected chi connectivity index (χ1v) is 9.00. The number of piperidine rings is 1. The van der Waals surface area contributed by atoms with Crippen molar-refractivity contribution in [2.75, 3.05) is 26.7 Å². The van der Waals surface area contributed by atoms with Crippen LogP contribution in [-0.2, 0) is 6.54 Å². The van der Waals surface area contributed by atoms with Crippen molar-refractivity contribution >= 4 is 0 Å². The Morgan fingerprint density at radius 3 is 2.54 bits per heavy atom. The van der Waals surface area contributed by atoms with Crippen LogP contribution in [0.5, 0.6) is 5.75 Å². The average molecular weight is 324 g/mol. The molecule has 1 heterocycles. The molecule has 1 aliphatic heterocycles. The molecule has 24 heavy (non-hydrogen) atoms. The molecule has 0 atom stereocenters. The highest BCUT2D eigenvalue weighted by Gasteiger charge is 2.16. The first-order chi connectivity index (χ1) is 11.9. The third kappa shape index (κ3) is 4.51. The predicted molar refractivity (Wildman–Crippen MR) is 100 cm³/mol. The highest BCUT2D eigenvalue weighted by atomic mass is 16.5. The third-order valence-electron chi connectivity index (χ3n) is 4.77. The van der Waals surface area contributed by atoms with Crippen molar-refractivity contribution < 1.29 is 4.74 Å². The number of benzene rings is 1. The number of hydrogen-bond donors (Lipinski definition) is 1. The Morgan fingerprint density at radius 1 is 1.00 bits per heavy atom. The molecule has 0 radical (unpaired) electrons. The summed E-state index contributed by atoms with van der Waals surface area (Å²) in [7, 11) is 1.70. The van der Waals surface area contributed by atoms with Crippen LogP contribution in [0.3, 0.4) is 0 Å². The fourth-order valence-electron chi connectivity index (χ4n) is 3.40.